The van der Waals surface area contributed by atoms with Crippen molar-refractivity contribution in [1.82, 2.24) is 5.32 Å². The zero-order valence-electron chi connectivity index (χ0n) is 55.6. The molecular weight excluding hydrogens is 1150 g/mol. The standard InChI is InChI=1S/C71H129NO18/c1-3-5-7-9-11-13-15-17-19-20-21-22-23-24-25-26-27-28-29-30-31-32-33-35-36-38-40-42-44-46-48-55(76)54(72-59(77)49-47-45-43-41-39-37-34-18-16-14-12-10-8-6-4-2)53-85-69-65(83)62(80)67(57(51-74)87-69)90-71-66(84)63(81)68(58(52-75)88-71)89-70-64(82)61(79)60(78)56(50-73)86-70/h6,8,12,14,18,34,39,41,54-58,60-71,73-76,78-84H,3-5,7,9-11,13,15-17,19-33,35-38,40,42-53H2,1-2H3,(H,72,77)/b8-6-,14-12-,34-18-,41-39-. The number of hydrogen-bond acceptors (Lipinski definition) is 18. The molecule has 0 spiro atoms. The van der Waals surface area contributed by atoms with Crippen LogP contribution in [0.2, 0.25) is 0 Å². The third-order valence-electron chi connectivity index (χ3n) is 17.9. The molecule has 17 atom stereocenters. The lowest BCUT2D eigenvalue weighted by atomic mass is 9.96. The van der Waals surface area contributed by atoms with Gasteiger partial charge in [-0.1, -0.05) is 255 Å². The first-order valence-corrected chi connectivity index (χ1v) is 35.9. The number of aliphatic hydroxyl groups is 11. The summed E-state index contributed by atoms with van der Waals surface area (Å²) >= 11 is 0. The Hall–Kier alpha value is -2.25. The second-order valence-electron chi connectivity index (χ2n) is 25.7. The van der Waals surface area contributed by atoms with Crippen molar-refractivity contribution in [3.05, 3.63) is 48.6 Å². The second-order valence-corrected chi connectivity index (χ2v) is 25.7. The van der Waals surface area contributed by atoms with Crippen LogP contribution in [0.1, 0.15) is 264 Å². The minimum absolute atomic E-state index is 0.213. The number of carbonyl (C=O) groups excluding carboxylic acids is 1. The van der Waals surface area contributed by atoms with E-state index >= 15 is 0 Å². The molecule has 12 N–H and O–H groups in total. The Morgan fingerprint density at radius 2 is 0.767 bits per heavy atom. The zero-order chi connectivity index (χ0) is 65.4. The lowest BCUT2D eigenvalue weighted by Gasteiger charge is -2.48. The topological polar surface area (TPSA) is 307 Å². The number of aliphatic hydroxyl groups excluding tert-OH is 11. The van der Waals surface area contributed by atoms with Crippen LogP contribution in [0.3, 0.4) is 0 Å². The van der Waals surface area contributed by atoms with Crippen LogP contribution in [0, 0.1) is 0 Å². The summed E-state index contributed by atoms with van der Waals surface area (Å²) in [6.45, 7) is 1.67. The number of rotatable bonds is 55. The van der Waals surface area contributed by atoms with Crippen molar-refractivity contribution >= 4 is 5.91 Å². The molecule has 17 unspecified atom stereocenters. The van der Waals surface area contributed by atoms with Gasteiger partial charge in [-0.15, -0.1) is 0 Å². The van der Waals surface area contributed by atoms with Crippen molar-refractivity contribution in [1.29, 1.82) is 0 Å². The molecule has 3 rings (SSSR count). The van der Waals surface area contributed by atoms with Gasteiger partial charge in [0.15, 0.2) is 18.9 Å². The normalized spacial score (nSPS) is 28.3. The smallest absolute Gasteiger partial charge is 0.220 e. The van der Waals surface area contributed by atoms with Gasteiger partial charge in [0.1, 0.15) is 73.2 Å². The molecule has 0 radical (unpaired) electrons. The SMILES string of the molecule is CC/C=C\C/C=C\C/C=C\C/C=C\CCCCC(=O)NC(COC1OC(CO)C(OC2OC(CO)C(OC3OC(CO)C(O)C(O)C3O)C(O)C2O)C(O)C1O)C(O)CCCCCCCCCCCCCCCCCCCCCCCCCCCCCCCC. The average molecular weight is 1280 g/mol. The van der Waals surface area contributed by atoms with Gasteiger partial charge in [-0.2, -0.15) is 0 Å². The van der Waals surface area contributed by atoms with Gasteiger partial charge < -0.3 is 89.9 Å². The third-order valence-corrected chi connectivity index (χ3v) is 17.9. The summed E-state index contributed by atoms with van der Waals surface area (Å²) in [6, 6.07) is -0.911. The third kappa shape index (κ3) is 34.4. The van der Waals surface area contributed by atoms with Crippen LogP contribution >= 0.6 is 0 Å². The molecule has 3 fully saturated rings. The number of hydrogen-bond donors (Lipinski definition) is 12. The molecule has 90 heavy (non-hydrogen) atoms. The summed E-state index contributed by atoms with van der Waals surface area (Å²) in [5.74, 6) is -0.282. The van der Waals surface area contributed by atoms with Crippen LogP contribution in [-0.2, 0) is 33.2 Å². The average Bonchev–Trinajstić information content (AvgIpc) is 0.866. The highest BCUT2D eigenvalue weighted by molar-refractivity contribution is 5.76. The summed E-state index contributed by atoms with van der Waals surface area (Å²) in [5, 5.41) is 121. The predicted molar refractivity (Wildman–Crippen MR) is 351 cm³/mol. The van der Waals surface area contributed by atoms with E-state index in [9.17, 15) is 61.0 Å². The molecular formula is C71H129NO18. The van der Waals surface area contributed by atoms with Crippen molar-refractivity contribution in [2.24, 2.45) is 0 Å². The van der Waals surface area contributed by atoms with Crippen molar-refractivity contribution < 1.29 is 89.4 Å². The van der Waals surface area contributed by atoms with Crippen molar-refractivity contribution in [2.45, 2.75) is 369 Å². The highest BCUT2D eigenvalue weighted by Gasteiger charge is 2.53. The van der Waals surface area contributed by atoms with Crippen molar-refractivity contribution in [2.75, 3.05) is 26.4 Å². The number of allylic oxidation sites excluding steroid dienone is 8. The fourth-order valence-electron chi connectivity index (χ4n) is 12.1. The molecule has 0 aromatic heterocycles. The Balaban J connectivity index is 1.39. The van der Waals surface area contributed by atoms with Crippen LogP contribution in [0.4, 0.5) is 0 Å². The maximum Gasteiger partial charge on any atom is 0.220 e. The fourth-order valence-corrected chi connectivity index (χ4v) is 12.1. The Kier molecular flexibility index (Phi) is 48.2. The molecule has 0 aliphatic carbocycles. The van der Waals surface area contributed by atoms with Crippen LogP contribution in [0.25, 0.3) is 0 Å². The van der Waals surface area contributed by atoms with Gasteiger partial charge in [-0.3, -0.25) is 4.79 Å². The number of amides is 1. The molecule has 0 aromatic carbocycles. The van der Waals surface area contributed by atoms with E-state index in [4.69, 9.17) is 28.4 Å². The van der Waals surface area contributed by atoms with Gasteiger partial charge in [0.2, 0.25) is 5.91 Å². The molecule has 526 valence electrons. The first kappa shape index (κ1) is 82.0. The van der Waals surface area contributed by atoms with E-state index in [0.29, 0.717) is 12.8 Å². The molecule has 3 aliphatic rings. The number of ether oxygens (including phenoxy) is 6. The molecule has 3 aliphatic heterocycles. The largest absolute Gasteiger partial charge is 0.394 e. The van der Waals surface area contributed by atoms with Gasteiger partial charge in [0.05, 0.1) is 38.6 Å². The van der Waals surface area contributed by atoms with E-state index in [1.807, 2.05) is 0 Å². The molecule has 3 heterocycles. The van der Waals surface area contributed by atoms with Gasteiger partial charge >= 0.3 is 0 Å². The number of carbonyl (C=O) groups is 1. The Morgan fingerprint density at radius 3 is 1.18 bits per heavy atom. The Morgan fingerprint density at radius 1 is 0.411 bits per heavy atom. The van der Waals surface area contributed by atoms with Crippen LogP contribution < -0.4 is 5.32 Å². The molecule has 0 aromatic rings. The lowest BCUT2D eigenvalue weighted by Crippen LogP contribution is -2.66. The highest BCUT2D eigenvalue weighted by atomic mass is 16.8. The maximum absolute atomic E-state index is 13.4. The monoisotopic (exact) mass is 1280 g/mol. The minimum atomic E-state index is -1.98. The van der Waals surface area contributed by atoms with E-state index in [1.165, 1.54) is 167 Å². The van der Waals surface area contributed by atoms with Crippen LogP contribution in [0.5, 0.6) is 0 Å². The number of nitrogens with one attached hydrogen (secondary N) is 1. The first-order valence-electron chi connectivity index (χ1n) is 35.9. The highest BCUT2D eigenvalue weighted by Crippen LogP contribution is 2.33. The van der Waals surface area contributed by atoms with E-state index in [-0.39, 0.29) is 18.9 Å². The predicted octanol–water partition coefficient (Wildman–Crippen LogP) is 9.78. The summed E-state index contributed by atoms with van der Waals surface area (Å²) in [7, 11) is 0. The summed E-state index contributed by atoms with van der Waals surface area (Å²) in [5.41, 5.74) is 0. The molecule has 1 amide bonds. The molecule has 3 saturated heterocycles. The lowest BCUT2D eigenvalue weighted by molar-refractivity contribution is -0.379. The molecule has 19 nitrogen and oxygen atoms in total. The van der Waals surface area contributed by atoms with E-state index in [2.05, 4.69) is 67.8 Å². The van der Waals surface area contributed by atoms with Gasteiger partial charge in [-0.05, 0) is 51.4 Å². The first-order chi connectivity index (χ1) is 43.8. The summed E-state index contributed by atoms with van der Waals surface area (Å²) < 4.78 is 34.4. The van der Waals surface area contributed by atoms with Gasteiger partial charge in [0, 0.05) is 6.42 Å². The van der Waals surface area contributed by atoms with Gasteiger partial charge in [-0.25, -0.2) is 0 Å². The minimum Gasteiger partial charge on any atom is -0.394 e. The van der Waals surface area contributed by atoms with Crippen LogP contribution in [0.15, 0.2) is 48.6 Å². The molecule has 0 saturated carbocycles. The van der Waals surface area contributed by atoms with Crippen molar-refractivity contribution in [3.63, 3.8) is 0 Å². The van der Waals surface area contributed by atoms with E-state index in [0.717, 1.165) is 64.2 Å². The van der Waals surface area contributed by atoms with E-state index in [1.54, 1.807) is 0 Å². The molecule has 0 bridgehead atoms. The zero-order valence-corrected chi connectivity index (χ0v) is 55.6. The fraction of sp³-hybridized carbons (Fsp3) is 0.873. The summed E-state index contributed by atoms with van der Waals surface area (Å²) in [6.07, 6.45) is 36.5. The number of unbranched alkanes of at least 4 members (excludes halogenated alkanes) is 31. The van der Waals surface area contributed by atoms with E-state index < -0.39 is 124 Å². The molecule has 19 heteroatoms. The quantitative estimate of drug-likeness (QED) is 0.0199. The Bertz CT molecular complexity index is 1820. The summed E-state index contributed by atoms with van der Waals surface area (Å²) in [4.78, 5) is 13.4. The van der Waals surface area contributed by atoms with Gasteiger partial charge in [0.25, 0.3) is 0 Å². The van der Waals surface area contributed by atoms with Crippen LogP contribution in [-0.4, -0.2) is 193 Å². The second kappa shape index (κ2) is 53.0. The maximum atomic E-state index is 13.4. The van der Waals surface area contributed by atoms with Crippen molar-refractivity contribution in [3.8, 4) is 0 Å². The Labute approximate surface area is 542 Å².